The lowest BCUT2D eigenvalue weighted by Gasteiger charge is -2.26. The minimum absolute atomic E-state index is 0.0624. The van der Waals surface area contributed by atoms with E-state index in [1.807, 2.05) is 9.80 Å². The summed E-state index contributed by atoms with van der Waals surface area (Å²) in [5, 5.41) is 17.3. The van der Waals surface area contributed by atoms with Crippen molar-refractivity contribution in [3.05, 3.63) is 49.3 Å². The lowest BCUT2D eigenvalue weighted by Crippen LogP contribution is -2.49. The van der Waals surface area contributed by atoms with Gasteiger partial charge >= 0.3 is 11.7 Å². The number of imidazole rings is 1. The molecule has 5 rings (SSSR count). The first-order valence-corrected chi connectivity index (χ1v) is 15.9. The second kappa shape index (κ2) is 14.8. The molecule has 3 aromatic heterocycles. The molecule has 2 fully saturated rings. The summed E-state index contributed by atoms with van der Waals surface area (Å²) < 4.78 is 3.10. The van der Waals surface area contributed by atoms with Crippen LogP contribution in [0.3, 0.4) is 0 Å². The Kier molecular flexibility index (Phi) is 10.6. The van der Waals surface area contributed by atoms with E-state index in [4.69, 9.17) is 10.8 Å². The van der Waals surface area contributed by atoms with Crippen molar-refractivity contribution in [3.63, 3.8) is 0 Å². The average molecular weight is 685 g/mol. The molecule has 0 aliphatic carbocycles. The maximum atomic E-state index is 13.6. The van der Waals surface area contributed by atoms with E-state index in [1.165, 1.54) is 24.0 Å². The number of aliphatic carboxylic acids is 1. The number of H-pyrrole nitrogens is 2. The van der Waals surface area contributed by atoms with Crippen LogP contribution in [0.2, 0.25) is 0 Å². The molecule has 0 radical (unpaired) electrons. The monoisotopic (exact) mass is 684 g/mol. The van der Waals surface area contributed by atoms with E-state index in [2.05, 4.69) is 35.9 Å². The first-order valence-electron chi connectivity index (χ1n) is 15.9. The van der Waals surface area contributed by atoms with Crippen LogP contribution in [0.4, 0.5) is 5.95 Å². The number of anilines is 1. The topological polar surface area (TPSA) is 276 Å². The standard InChI is InChI=1S/C29H40N12O8/c1-15-11-40(29(49)37-24(15)45)17-9-19(25(46)32-4-3-21(43)44)39(12-17)8-6-33-26(47)20-10-18(13-38(20)7-5-31-16(2)42)41-14-34-22-23(41)35-28(30)36-27(22)48/h11,14,17-20H,3-10,12-13H2,1-2H3,(H,31,42)(H,32,46)(H,33,47)(H,43,44)(H,37,45,49)(H3,30,35,36,48)/t17-,18-,19-,20-/m0/s1. The molecule has 264 valence electrons. The summed E-state index contributed by atoms with van der Waals surface area (Å²) in [6.07, 6.45) is 3.25. The Bertz CT molecular complexity index is 1910. The van der Waals surface area contributed by atoms with Gasteiger partial charge in [0.25, 0.3) is 11.1 Å². The van der Waals surface area contributed by atoms with Gasteiger partial charge in [0.1, 0.15) is 0 Å². The Hall–Kier alpha value is -5.37. The number of hydrogen-bond acceptors (Lipinski definition) is 12. The van der Waals surface area contributed by atoms with Crippen molar-refractivity contribution < 1.29 is 24.3 Å². The summed E-state index contributed by atoms with van der Waals surface area (Å²) in [4.78, 5) is 103. The fourth-order valence-electron chi connectivity index (χ4n) is 6.50. The molecule has 0 bridgehead atoms. The van der Waals surface area contributed by atoms with Crippen LogP contribution in [0.25, 0.3) is 11.2 Å². The predicted octanol–water partition coefficient (Wildman–Crippen LogP) is -3.37. The molecule has 2 saturated heterocycles. The van der Waals surface area contributed by atoms with Crippen LogP contribution in [0.1, 0.15) is 43.8 Å². The van der Waals surface area contributed by atoms with E-state index >= 15 is 0 Å². The number of aromatic nitrogens is 6. The molecule has 2 aliphatic heterocycles. The molecule has 0 aromatic carbocycles. The van der Waals surface area contributed by atoms with Crippen molar-refractivity contribution in [1.29, 1.82) is 0 Å². The van der Waals surface area contributed by atoms with Crippen LogP contribution >= 0.6 is 0 Å². The predicted molar refractivity (Wildman–Crippen MR) is 174 cm³/mol. The van der Waals surface area contributed by atoms with Gasteiger partial charge in [0.2, 0.25) is 23.7 Å². The van der Waals surface area contributed by atoms with Crippen molar-refractivity contribution >= 4 is 40.8 Å². The normalized spacial score (nSPS) is 21.2. The lowest BCUT2D eigenvalue weighted by atomic mass is 10.1. The molecule has 4 atom stereocenters. The molecule has 20 nitrogen and oxygen atoms in total. The van der Waals surface area contributed by atoms with Gasteiger partial charge in [-0.25, -0.2) is 9.78 Å². The second-order valence-corrected chi connectivity index (χ2v) is 12.3. The van der Waals surface area contributed by atoms with Gasteiger partial charge in [-0.1, -0.05) is 0 Å². The quantitative estimate of drug-likeness (QED) is 0.0928. The fraction of sp³-hybridized carbons (Fsp3) is 0.552. The number of likely N-dealkylation sites (tertiary alicyclic amines) is 2. The number of carboxylic acids is 1. The molecule has 0 spiro atoms. The molecule has 2 aliphatic rings. The molecule has 0 unspecified atom stereocenters. The Morgan fingerprint density at radius 2 is 1.49 bits per heavy atom. The maximum Gasteiger partial charge on any atom is 0.328 e. The number of nitrogens with one attached hydrogen (secondary N) is 5. The zero-order valence-electron chi connectivity index (χ0n) is 27.1. The molecule has 8 N–H and O–H groups in total. The number of aryl methyl sites for hydroxylation is 1. The summed E-state index contributed by atoms with van der Waals surface area (Å²) in [5.74, 6) is -2.03. The van der Waals surface area contributed by atoms with E-state index in [9.17, 15) is 33.6 Å². The molecule has 5 heterocycles. The number of nitrogen functional groups attached to an aromatic ring is 1. The third-order valence-electron chi connectivity index (χ3n) is 8.86. The van der Waals surface area contributed by atoms with Crippen molar-refractivity contribution in [2.45, 2.75) is 57.3 Å². The van der Waals surface area contributed by atoms with Gasteiger partial charge in [-0.15, -0.1) is 0 Å². The van der Waals surface area contributed by atoms with Gasteiger partial charge in [0.05, 0.1) is 36.9 Å². The van der Waals surface area contributed by atoms with Gasteiger partial charge in [0.15, 0.2) is 11.2 Å². The molecule has 3 amide bonds. The van der Waals surface area contributed by atoms with Crippen LogP contribution < -0.4 is 38.5 Å². The van der Waals surface area contributed by atoms with Gasteiger partial charge in [-0.05, 0) is 19.8 Å². The van der Waals surface area contributed by atoms with Crippen LogP contribution in [-0.2, 0) is 19.2 Å². The van der Waals surface area contributed by atoms with Crippen molar-refractivity contribution in [2.75, 3.05) is 51.5 Å². The van der Waals surface area contributed by atoms with Crippen molar-refractivity contribution in [1.82, 2.24) is 54.8 Å². The fourth-order valence-corrected chi connectivity index (χ4v) is 6.50. The van der Waals surface area contributed by atoms with E-state index < -0.39 is 46.8 Å². The summed E-state index contributed by atoms with van der Waals surface area (Å²) in [7, 11) is 0. The molecule has 0 saturated carbocycles. The summed E-state index contributed by atoms with van der Waals surface area (Å²) in [6.45, 7) is 4.61. The summed E-state index contributed by atoms with van der Waals surface area (Å²) in [6, 6.07) is -2.09. The number of carbonyl (C=O) groups is 4. The molecule has 20 heteroatoms. The smallest absolute Gasteiger partial charge is 0.328 e. The molecular weight excluding hydrogens is 644 g/mol. The Morgan fingerprint density at radius 1 is 0.898 bits per heavy atom. The van der Waals surface area contributed by atoms with Gasteiger partial charge in [-0.3, -0.25) is 53.1 Å². The highest BCUT2D eigenvalue weighted by molar-refractivity contribution is 5.83. The number of fused-ring (bicyclic) bond motifs is 1. The molecular formula is C29H40N12O8. The van der Waals surface area contributed by atoms with E-state index in [1.54, 1.807) is 11.5 Å². The van der Waals surface area contributed by atoms with E-state index in [-0.39, 0.29) is 68.3 Å². The largest absolute Gasteiger partial charge is 0.481 e. The first kappa shape index (κ1) is 35.0. The average Bonchev–Trinajstić information content (AvgIpc) is 3.76. The minimum Gasteiger partial charge on any atom is -0.481 e. The molecule has 49 heavy (non-hydrogen) atoms. The van der Waals surface area contributed by atoms with Gasteiger partial charge < -0.3 is 31.4 Å². The summed E-state index contributed by atoms with van der Waals surface area (Å²) >= 11 is 0. The Morgan fingerprint density at radius 3 is 2.10 bits per heavy atom. The first-order chi connectivity index (χ1) is 23.3. The number of rotatable bonds is 13. The number of hydrogen-bond donors (Lipinski definition) is 7. The minimum atomic E-state index is -1.06. The van der Waals surface area contributed by atoms with Crippen LogP contribution in [0, 0.1) is 6.92 Å². The Labute approximate surface area is 278 Å². The SMILES string of the molecule is CC(=O)NCCN1C[C@@H](n2cnc3c(=O)[nH]c(N)nc32)C[C@H]1C(=O)NCCN1C[C@@H](n2cc(C)c(=O)[nH]c2=O)C[C@H]1C(=O)NCCC(=O)O. The summed E-state index contributed by atoms with van der Waals surface area (Å²) in [5.41, 5.74) is 4.94. The number of carboxylic acid groups (broad SMARTS) is 1. The number of amides is 3. The number of carbonyl (C=O) groups excluding carboxylic acids is 3. The second-order valence-electron chi connectivity index (χ2n) is 12.3. The lowest BCUT2D eigenvalue weighted by molar-refractivity contribution is -0.137. The number of aromatic amines is 2. The van der Waals surface area contributed by atoms with Crippen LogP contribution in [0.15, 0.2) is 26.9 Å². The number of nitrogens with two attached hydrogens (primary N) is 1. The Balaban J connectivity index is 1.28. The zero-order chi connectivity index (χ0) is 35.4. The van der Waals surface area contributed by atoms with Crippen molar-refractivity contribution in [2.24, 2.45) is 0 Å². The van der Waals surface area contributed by atoms with E-state index in [0.29, 0.717) is 37.3 Å². The highest BCUT2D eigenvalue weighted by atomic mass is 16.4. The maximum absolute atomic E-state index is 13.6. The van der Waals surface area contributed by atoms with E-state index in [0.717, 1.165) is 0 Å². The highest BCUT2D eigenvalue weighted by Gasteiger charge is 2.40. The molecule has 3 aromatic rings. The van der Waals surface area contributed by atoms with Crippen LogP contribution in [0.5, 0.6) is 0 Å². The highest BCUT2D eigenvalue weighted by Crippen LogP contribution is 2.30. The van der Waals surface area contributed by atoms with Gasteiger partial charge in [0, 0.05) is 64.5 Å². The number of nitrogens with zero attached hydrogens (tertiary/aromatic N) is 6. The third-order valence-corrected chi connectivity index (χ3v) is 8.86. The van der Waals surface area contributed by atoms with Gasteiger partial charge in [-0.2, -0.15) is 4.98 Å². The van der Waals surface area contributed by atoms with Crippen LogP contribution in [-0.4, -0.2) is 126 Å². The zero-order valence-corrected chi connectivity index (χ0v) is 27.1. The third kappa shape index (κ3) is 8.03. The van der Waals surface area contributed by atoms with Crippen molar-refractivity contribution in [3.8, 4) is 0 Å².